The Morgan fingerprint density at radius 1 is 1.20 bits per heavy atom. The molecule has 2 atom stereocenters. The van der Waals surface area contributed by atoms with Gasteiger partial charge in [0.1, 0.15) is 5.76 Å². The van der Waals surface area contributed by atoms with Gasteiger partial charge in [0, 0.05) is 29.8 Å². The van der Waals surface area contributed by atoms with E-state index in [0.717, 1.165) is 42.4 Å². The van der Waals surface area contributed by atoms with Crippen LogP contribution in [0.15, 0.2) is 36.4 Å². The molecular weight excluding hydrogens is 336 g/mol. The van der Waals surface area contributed by atoms with Crippen molar-refractivity contribution in [2.24, 2.45) is 11.8 Å². The van der Waals surface area contributed by atoms with Crippen molar-refractivity contribution in [3.8, 4) is 11.4 Å². The van der Waals surface area contributed by atoms with Crippen molar-refractivity contribution in [3.05, 3.63) is 52.5 Å². The highest BCUT2D eigenvalue weighted by Crippen LogP contribution is 2.46. The molecule has 1 N–H and O–H groups in total. The van der Waals surface area contributed by atoms with Crippen molar-refractivity contribution in [1.82, 2.24) is 9.97 Å². The van der Waals surface area contributed by atoms with Gasteiger partial charge in [0.05, 0.1) is 10.6 Å². The van der Waals surface area contributed by atoms with E-state index in [4.69, 9.17) is 11.6 Å². The van der Waals surface area contributed by atoms with E-state index >= 15 is 0 Å². The first-order valence-electron chi connectivity index (χ1n) is 8.67. The second kappa shape index (κ2) is 6.26. The number of nitrogens with zero attached hydrogens (tertiary/aromatic N) is 2. The van der Waals surface area contributed by atoms with Gasteiger partial charge in [-0.2, -0.15) is 0 Å². The molecule has 25 heavy (non-hydrogen) atoms. The number of halogens is 1. The maximum atomic E-state index is 12.9. The molecule has 2 aliphatic carbocycles. The second-order valence-corrected chi connectivity index (χ2v) is 7.22. The minimum atomic E-state index is 0.0519. The number of aliphatic hydroxyl groups excluding tert-OH is 1. The smallest absolute Gasteiger partial charge is 0.169 e. The van der Waals surface area contributed by atoms with Crippen LogP contribution >= 0.6 is 11.6 Å². The summed E-state index contributed by atoms with van der Waals surface area (Å²) in [6, 6.07) is 5.87. The molecule has 2 aromatic rings. The molecule has 5 heteroatoms. The van der Waals surface area contributed by atoms with E-state index in [1.165, 1.54) is 0 Å². The summed E-state index contributed by atoms with van der Waals surface area (Å²) in [4.78, 5) is 21.4. The van der Waals surface area contributed by atoms with Gasteiger partial charge in [-0.05, 0) is 42.9 Å². The summed E-state index contributed by atoms with van der Waals surface area (Å²) in [5, 5.41) is 11.2. The quantitative estimate of drug-likeness (QED) is 0.873. The third-order valence-corrected chi connectivity index (χ3v) is 5.53. The molecular formula is C20H19ClN2O2. The number of aromatic nitrogens is 2. The van der Waals surface area contributed by atoms with Crippen LogP contribution in [0.2, 0.25) is 5.02 Å². The molecule has 0 aliphatic heterocycles. The number of Topliss-reactive ketones (excluding diaryl/α,β-unsaturated/α-hetero) is 1. The normalized spacial score (nSPS) is 22.6. The van der Waals surface area contributed by atoms with Gasteiger partial charge < -0.3 is 5.11 Å². The number of benzene rings is 1. The number of fused-ring (bicyclic) bond motifs is 2. The molecule has 2 aliphatic rings. The Balaban J connectivity index is 1.86. The van der Waals surface area contributed by atoms with Crippen molar-refractivity contribution in [2.45, 2.75) is 32.6 Å². The van der Waals surface area contributed by atoms with Crippen LogP contribution < -0.4 is 0 Å². The Morgan fingerprint density at radius 3 is 2.64 bits per heavy atom. The molecule has 1 saturated carbocycles. The largest absolute Gasteiger partial charge is 0.511 e. The maximum absolute atomic E-state index is 12.9. The highest BCUT2D eigenvalue weighted by atomic mass is 35.5. The number of aliphatic hydroxyl groups is 1. The van der Waals surface area contributed by atoms with Crippen LogP contribution in [0.25, 0.3) is 17.0 Å². The summed E-state index contributed by atoms with van der Waals surface area (Å²) in [6.45, 7) is 2.05. The molecule has 4 nitrogen and oxygen atoms in total. The van der Waals surface area contributed by atoms with Crippen LogP contribution in [-0.4, -0.2) is 20.9 Å². The lowest BCUT2D eigenvalue weighted by atomic mass is 9.81. The monoisotopic (exact) mass is 354 g/mol. The predicted molar refractivity (Wildman–Crippen MR) is 97.2 cm³/mol. The molecule has 0 spiro atoms. The van der Waals surface area contributed by atoms with Gasteiger partial charge >= 0.3 is 0 Å². The number of hydrogen-bond donors (Lipinski definition) is 1. The first kappa shape index (κ1) is 16.3. The predicted octanol–water partition coefficient (Wildman–Crippen LogP) is 4.63. The number of ketones is 1. The van der Waals surface area contributed by atoms with Gasteiger partial charge in [0.2, 0.25) is 0 Å². The van der Waals surface area contributed by atoms with Crippen molar-refractivity contribution < 1.29 is 9.90 Å². The highest BCUT2D eigenvalue weighted by molar-refractivity contribution is 6.30. The van der Waals surface area contributed by atoms with E-state index in [9.17, 15) is 9.90 Å². The van der Waals surface area contributed by atoms with Crippen LogP contribution in [0.4, 0.5) is 0 Å². The van der Waals surface area contributed by atoms with E-state index in [1.807, 2.05) is 18.2 Å². The van der Waals surface area contributed by atoms with Crippen molar-refractivity contribution in [2.75, 3.05) is 0 Å². The molecule has 2 bridgehead atoms. The van der Waals surface area contributed by atoms with Crippen LogP contribution in [-0.2, 0) is 11.2 Å². The average Bonchev–Trinajstić information content (AvgIpc) is 3.08. The number of allylic oxidation sites excluding steroid dienone is 2. The zero-order valence-electron chi connectivity index (χ0n) is 14.0. The Kier molecular flexibility index (Phi) is 4.08. The van der Waals surface area contributed by atoms with Crippen molar-refractivity contribution in [3.63, 3.8) is 0 Å². The fraction of sp³-hybridized carbons (Fsp3) is 0.350. The Bertz CT molecular complexity index is 874. The molecule has 1 heterocycles. The van der Waals surface area contributed by atoms with E-state index < -0.39 is 0 Å². The molecule has 0 radical (unpaired) electrons. The SMILES string of the molecule is CCc1ccc(-c2ncc(Cl)cn2)cc1C1=C(O)C2CCC(C2)C1=O. The number of rotatable bonds is 3. The number of hydrogen-bond acceptors (Lipinski definition) is 4. The van der Waals surface area contributed by atoms with E-state index in [-0.39, 0.29) is 23.4 Å². The third kappa shape index (κ3) is 2.74. The summed E-state index contributed by atoms with van der Waals surface area (Å²) in [5.74, 6) is 1.08. The standard InChI is InChI=1S/C20H19ClN2O2/c1-2-11-3-6-14(20-22-9-15(21)10-23-20)8-16(11)17-18(24)12-4-5-13(7-12)19(17)25/h3,6,8-10,12-13,24H,2,4-5,7H2,1H3. The zero-order chi connectivity index (χ0) is 17.6. The van der Waals surface area contributed by atoms with Gasteiger partial charge in [0.15, 0.2) is 11.6 Å². The van der Waals surface area contributed by atoms with Gasteiger partial charge in [-0.1, -0.05) is 30.7 Å². The highest BCUT2D eigenvalue weighted by Gasteiger charge is 2.41. The van der Waals surface area contributed by atoms with Gasteiger partial charge in [-0.3, -0.25) is 4.79 Å². The first-order valence-corrected chi connectivity index (χ1v) is 9.04. The summed E-state index contributed by atoms with van der Waals surface area (Å²) >= 11 is 5.87. The van der Waals surface area contributed by atoms with Crippen LogP contribution in [0.5, 0.6) is 0 Å². The van der Waals surface area contributed by atoms with Crippen LogP contribution in [0, 0.1) is 11.8 Å². The fourth-order valence-electron chi connectivity index (χ4n) is 3.99. The molecule has 1 aromatic carbocycles. The number of carbonyl (C=O) groups excluding carboxylic acids is 1. The molecule has 1 fully saturated rings. The van der Waals surface area contributed by atoms with E-state index in [2.05, 4.69) is 16.9 Å². The molecule has 0 amide bonds. The van der Waals surface area contributed by atoms with Crippen molar-refractivity contribution >= 4 is 23.0 Å². The number of carbonyl (C=O) groups is 1. The Morgan fingerprint density at radius 2 is 1.92 bits per heavy atom. The summed E-state index contributed by atoms with van der Waals surface area (Å²) < 4.78 is 0. The zero-order valence-corrected chi connectivity index (χ0v) is 14.8. The average molecular weight is 355 g/mol. The van der Waals surface area contributed by atoms with Gasteiger partial charge in [-0.25, -0.2) is 9.97 Å². The lowest BCUT2D eigenvalue weighted by Crippen LogP contribution is -2.22. The third-order valence-electron chi connectivity index (χ3n) is 5.33. The van der Waals surface area contributed by atoms with Crippen LogP contribution in [0.3, 0.4) is 0 Å². The summed E-state index contributed by atoms with van der Waals surface area (Å²) in [7, 11) is 0. The maximum Gasteiger partial charge on any atom is 0.169 e. The van der Waals surface area contributed by atoms with Crippen LogP contribution in [0.1, 0.15) is 37.3 Å². The Hall–Kier alpha value is -2.20. The first-order chi connectivity index (χ1) is 12.1. The second-order valence-electron chi connectivity index (χ2n) is 6.78. The van der Waals surface area contributed by atoms with E-state index in [1.54, 1.807) is 12.4 Å². The lowest BCUT2D eigenvalue weighted by molar-refractivity contribution is -0.117. The number of aryl methyl sites for hydroxylation is 1. The summed E-state index contributed by atoms with van der Waals surface area (Å²) in [6.07, 6.45) is 6.46. The molecule has 0 saturated heterocycles. The topological polar surface area (TPSA) is 63.1 Å². The minimum absolute atomic E-state index is 0.0519. The molecule has 2 unspecified atom stereocenters. The minimum Gasteiger partial charge on any atom is -0.511 e. The molecule has 128 valence electrons. The lowest BCUT2D eigenvalue weighted by Gasteiger charge is -2.23. The Labute approximate surface area is 151 Å². The molecule has 1 aromatic heterocycles. The molecule has 4 rings (SSSR count). The van der Waals surface area contributed by atoms with E-state index in [0.29, 0.717) is 16.4 Å². The van der Waals surface area contributed by atoms with Gasteiger partial charge in [-0.15, -0.1) is 0 Å². The van der Waals surface area contributed by atoms with Crippen molar-refractivity contribution in [1.29, 1.82) is 0 Å². The summed E-state index contributed by atoms with van der Waals surface area (Å²) in [5.41, 5.74) is 3.19. The fourth-order valence-corrected chi connectivity index (χ4v) is 4.09. The van der Waals surface area contributed by atoms with Gasteiger partial charge in [0.25, 0.3) is 0 Å².